The number of Topliss-reactive ketones (excluding diaryl/α,β-unsaturated/α-hetero) is 2. The van der Waals surface area contributed by atoms with Crippen molar-refractivity contribution in [3.05, 3.63) is 45.7 Å². The molecule has 1 saturated heterocycles. The van der Waals surface area contributed by atoms with Gasteiger partial charge in [-0.15, -0.1) is 0 Å². The minimum absolute atomic E-state index is 0.0192. The number of nitrogens with two attached hydrogens (primary N) is 1. The van der Waals surface area contributed by atoms with Crippen LogP contribution in [0.2, 0.25) is 0 Å². The van der Waals surface area contributed by atoms with Crippen molar-refractivity contribution in [1.29, 1.82) is 0 Å². The molecule has 9 nitrogen and oxygen atoms in total. The Balaban J connectivity index is 1.51. The highest BCUT2D eigenvalue weighted by atomic mass is 16.6. The molecule has 1 aromatic rings. The Morgan fingerprint density at radius 1 is 1.23 bits per heavy atom. The molecule has 2 aliphatic heterocycles. The molecule has 39 heavy (non-hydrogen) atoms. The molecule has 2 heterocycles. The van der Waals surface area contributed by atoms with Crippen molar-refractivity contribution in [2.45, 2.75) is 50.8 Å². The van der Waals surface area contributed by atoms with Gasteiger partial charge in [0, 0.05) is 42.4 Å². The van der Waals surface area contributed by atoms with Crippen LogP contribution in [0.1, 0.15) is 54.2 Å². The first-order valence-corrected chi connectivity index (χ1v) is 13.9. The SMILES string of the molecule is CC(C)CN1CCC(N(C)C)c2cc(O)c3c(c21)CC1CC2[C@H](N(C)C)C=C(C(N)=O)C(=O)[C@]24OC4=C1C3=O. The summed E-state index contributed by atoms with van der Waals surface area (Å²) in [6.07, 6.45) is 3.76. The average molecular weight is 535 g/mol. The molecule has 9 heteroatoms. The van der Waals surface area contributed by atoms with E-state index in [2.05, 4.69) is 37.7 Å². The predicted octanol–water partition coefficient (Wildman–Crippen LogP) is 2.18. The number of carbonyl (C=O) groups is 3. The number of phenols is 1. The number of likely N-dealkylation sites (N-methyl/N-ethyl adjacent to an activating group) is 1. The normalized spacial score (nSPS) is 30.9. The first-order chi connectivity index (χ1) is 18.4. The molecular weight excluding hydrogens is 496 g/mol. The van der Waals surface area contributed by atoms with Crippen molar-refractivity contribution in [2.75, 3.05) is 46.2 Å². The van der Waals surface area contributed by atoms with Gasteiger partial charge in [-0.3, -0.25) is 14.4 Å². The third kappa shape index (κ3) is 3.55. The molecule has 6 rings (SSSR count). The van der Waals surface area contributed by atoms with E-state index in [-0.39, 0.29) is 41.0 Å². The lowest BCUT2D eigenvalue weighted by atomic mass is 9.61. The average Bonchev–Trinajstić information content (AvgIpc) is 3.58. The maximum absolute atomic E-state index is 14.2. The summed E-state index contributed by atoms with van der Waals surface area (Å²) in [6.45, 7) is 6.13. The molecule has 0 saturated carbocycles. The summed E-state index contributed by atoms with van der Waals surface area (Å²) in [4.78, 5) is 46.5. The third-order valence-electron chi connectivity index (χ3n) is 9.35. The molecule has 0 radical (unpaired) electrons. The van der Waals surface area contributed by atoms with E-state index in [4.69, 9.17) is 10.5 Å². The van der Waals surface area contributed by atoms with E-state index in [1.54, 1.807) is 12.1 Å². The number of fused-ring (bicyclic) bond motifs is 4. The molecule has 5 aliphatic rings. The van der Waals surface area contributed by atoms with Crippen molar-refractivity contribution in [2.24, 2.45) is 23.5 Å². The topological polar surface area (TPSA) is 120 Å². The van der Waals surface area contributed by atoms with Gasteiger partial charge in [0.15, 0.2) is 11.5 Å². The van der Waals surface area contributed by atoms with Gasteiger partial charge in [-0.1, -0.05) is 19.9 Å². The molecule has 3 aliphatic carbocycles. The molecule has 1 fully saturated rings. The number of ether oxygens (including phenoxy) is 1. The largest absolute Gasteiger partial charge is 0.507 e. The van der Waals surface area contributed by atoms with Gasteiger partial charge >= 0.3 is 0 Å². The van der Waals surface area contributed by atoms with Crippen LogP contribution in [-0.2, 0) is 20.7 Å². The zero-order chi connectivity index (χ0) is 28.1. The van der Waals surface area contributed by atoms with Crippen LogP contribution in [0.3, 0.4) is 0 Å². The number of hydrogen-bond acceptors (Lipinski definition) is 8. The summed E-state index contributed by atoms with van der Waals surface area (Å²) in [7, 11) is 7.92. The van der Waals surface area contributed by atoms with E-state index in [9.17, 15) is 19.5 Å². The zero-order valence-corrected chi connectivity index (χ0v) is 23.6. The number of carbonyl (C=O) groups excluding carboxylic acids is 3. The number of aromatic hydroxyl groups is 1. The summed E-state index contributed by atoms with van der Waals surface area (Å²) in [5.41, 5.74) is 8.02. The second-order valence-electron chi connectivity index (χ2n) is 12.7. The van der Waals surface area contributed by atoms with Crippen LogP contribution in [0, 0.1) is 17.8 Å². The number of primary amides is 1. The van der Waals surface area contributed by atoms with E-state index in [0.717, 1.165) is 36.3 Å². The first-order valence-electron chi connectivity index (χ1n) is 13.9. The van der Waals surface area contributed by atoms with Crippen molar-refractivity contribution < 1.29 is 24.2 Å². The lowest BCUT2D eigenvalue weighted by molar-refractivity contribution is -0.127. The van der Waals surface area contributed by atoms with Gasteiger partial charge in [0.25, 0.3) is 5.91 Å². The third-order valence-corrected chi connectivity index (χ3v) is 9.35. The molecule has 1 aromatic carbocycles. The summed E-state index contributed by atoms with van der Waals surface area (Å²) in [5.74, 6) is -1.12. The molecule has 5 atom stereocenters. The van der Waals surface area contributed by atoms with Crippen LogP contribution in [0.5, 0.6) is 5.75 Å². The van der Waals surface area contributed by atoms with E-state index in [1.165, 1.54) is 0 Å². The van der Waals surface area contributed by atoms with Crippen molar-refractivity contribution in [3.8, 4) is 5.75 Å². The summed E-state index contributed by atoms with van der Waals surface area (Å²) in [5, 5.41) is 11.3. The van der Waals surface area contributed by atoms with Crippen LogP contribution < -0.4 is 10.6 Å². The van der Waals surface area contributed by atoms with Gasteiger partial charge in [0.2, 0.25) is 11.4 Å². The smallest absolute Gasteiger partial charge is 0.252 e. The minimum atomic E-state index is -1.32. The molecule has 0 aromatic heterocycles. The van der Waals surface area contributed by atoms with Crippen LogP contribution in [0.4, 0.5) is 5.69 Å². The van der Waals surface area contributed by atoms with Crippen LogP contribution in [0.25, 0.3) is 0 Å². The van der Waals surface area contributed by atoms with Crippen LogP contribution in [-0.4, -0.2) is 85.3 Å². The van der Waals surface area contributed by atoms with Crippen LogP contribution in [0.15, 0.2) is 29.0 Å². The van der Waals surface area contributed by atoms with Gasteiger partial charge < -0.3 is 30.3 Å². The van der Waals surface area contributed by atoms with E-state index < -0.39 is 17.3 Å². The summed E-state index contributed by atoms with van der Waals surface area (Å²) in [6, 6.07) is 1.67. The van der Waals surface area contributed by atoms with Gasteiger partial charge in [0.1, 0.15) is 5.75 Å². The van der Waals surface area contributed by atoms with E-state index in [0.29, 0.717) is 35.7 Å². The second-order valence-corrected chi connectivity index (χ2v) is 12.7. The number of phenolic OH excluding ortho intramolecular Hbond substituents is 1. The number of rotatable bonds is 5. The molecule has 3 N–H and O–H groups in total. The molecule has 1 amide bonds. The van der Waals surface area contributed by atoms with Crippen molar-refractivity contribution >= 4 is 23.2 Å². The second kappa shape index (κ2) is 8.66. The highest BCUT2D eigenvalue weighted by Crippen LogP contribution is 2.63. The molecule has 3 unspecified atom stereocenters. The van der Waals surface area contributed by atoms with Gasteiger partial charge in [-0.05, 0) is 76.5 Å². The minimum Gasteiger partial charge on any atom is -0.507 e. The Morgan fingerprint density at radius 3 is 2.56 bits per heavy atom. The number of anilines is 1. The molecule has 0 bridgehead atoms. The Morgan fingerprint density at radius 2 is 1.95 bits per heavy atom. The van der Waals surface area contributed by atoms with Crippen molar-refractivity contribution in [1.82, 2.24) is 9.80 Å². The number of amides is 1. The Hall–Kier alpha value is -3.17. The van der Waals surface area contributed by atoms with Crippen LogP contribution >= 0.6 is 0 Å². The standard InChI is InChI=1S/C30H38N4O5/c1-14(2)13-34-8-7-20(32(3)4)16-12-22(35)24-17(25(16)34)9-15-10-19-21(33(5)6)11-18(29(31)38)27(37)30(19)28(39-30)23(15)26(24)36/h11-12,14-15,19-21,35H,7-10,13H2,1-6H3,(H2,31,38)/t15?,19?,20?,21-,30-/m1/s1. The highest BCUT2D eigenvalue weighted by Gasteiger charge is 2.73. The number of allylic oxidation sites excluding steroid dienone is 1. The van der Waals surface area contributed by atoms with E-state index >= 15 is 0 Å². The number of benzene rings is 1. The Labute approximate surface area is 229 Å². The fourth-order valence-corrected chi connectivity index (χ4v) is 7.75. The van der Waals surface area contributed by atoms with E-state index in [1.807, 2.05) is 19.0 Å². The quantitative estimate of drug-likeness (QED) is 0.436. The number of hydrogen-bond donors (Lipinski definition) is 2. The molecule has 208 valence electrons. The number of epoxide rings is 1. The zero-order valence-electron chi connectivity index (χ0n) is 23.6. The summed E-state index contributed by atoms with van der Waals surface area (Å²) >= 11 is 0. The molecular formula is C30H38N4O5. The highest BCUT2D eigenvalue weighted by molar-refractivity contribution is 6.26. The molecule has 1 spiro atoms. The van der Waals surface area contributed by atoms with Crippen molar-refractivity contribution in [3.63, 3.8) is 0 Å². The fraction of sp³-hybridized carbons (Fsp3) is 0.567. The maximum atomic E-state index is 14.2. The number of nitrogens with zero attached hydrogens (tertiary/aromatic N) is 3. The van der Waals surface area contributed by atoms with Gasteiger partial charge in [-0.25, -0.2) is 0 Å². The Kier molecular flexibility index (Phi) is 5.79. The first kappa shape index (κ1) is 26.1. The van der Waals surface area contributed by atoms with Gasteiger partial charge in [-0.2, -0.15) is 0 Å². The Bertz CT molecular complexity index is 1380. The lowest BCUT2D eigenvalue weighted by Gasteiger charge is -2.44. The van der Waals surface area contributed by atoms with Gasteiger partial charge in [0.05, 0.1) is 11.1 Å². The maximum Gasteiger partial charge on any atom is 0.252 e. The lowest BCUT2D eigenvalue weighted by Crippen LogP contribution is -2.54. The predicted molar refractivity (Wildman–Crippen MR) is 146 cm³/mol. The summed E-state index contributed by atoms with van der Waals surface area (Å²) < 4.78 is 6.11. The fourth-order valence-electron chi connectivity index (χ4n) is 7.75. The monoisotopic (exact) mass is 534 g/mol. The number of ketones is 2.